The third-order valence-electron chi connectivity index (χ3n) is 5.13. The first-order valence-corrected chi connectivity index (χ1v) is 11.6. The van der Waals surface area contributed by atoms with Crippen LogP contribution in [0.25, 0.3) is 11.3 Å². The van der Waals surface area contributed by atoms with Crippen LogP contribution >= 0.6 is 11.9 Å². The van der Waals surface area contributed by atoms with E-state index in [0.717, 1.165) is 12.8 Å². The molecule has 7 nitrogen and oxygen atoms in total. The second-order valence-corrected chi connectivity index (χ2v) is 9.06. The maximum Gasteiger partial charge on any atom is 0.419 e. The number of aromatic nitrogens is 4. The fraction of sp³-hybridized carbons (Fsp3) is 0.409. The van der Waals surface area contributed by atoms with Crippen molar-refractivity contribution in [1.82, 2.24) is 24.5 Å². The molecule has 1 aliphatic heterocycles. The Morgan fingerprint density at radius 1 is 1.18 bits per heavy atom. The van der Waals surface area contributed by atoms with Crippen molar-refractivity contribution < 1.29 is 22.3 Å². The molecule has 0 radical (unpaired) electrons. The Hall–Kier alpha value is -2.70. The number of nitrogens with zero attached hydrogens (tertiary/aromatic N) is 4. The molecule has 182 valence electrons. The van der Waals surface area contributed by atoms with Crippen LogP contribution < -0.4 is 10.0 Å². The lowest BCUT2D eigenvalue weighted by atomic mass is 10.1. The van der Waals surface area contributed by atoms with Gasteiger partial charge in [0.1, 0.15) is 11.4 Å². The SMILES string of the molecule is CC(C)NSc1ccc(Nc2ncc(C(F)(F)F)c(-c3cnn(C4CCOCC4)c3)n2)c(F)c1. The molecule has 2 aromatic heterocycles. The van der Waals surface area contributed by atoms with E-state index in [1.165, 1.54) is 30.3 Å². The van der Waals surface area contributed by atoms with Crippen LogP contribution in [0.1, 0.15) is 38.3 Å². The minimum absolute atomic E-state index is 0.0481. The quantitative estimate of drug-likeness (QED) is 0.326. The van der Waals surface area contributed by atoms with E-state index in [9.17, 15) is 17.6 Å². The minimum atomic E-state index is -4.66. The van der Waals surface area contributed by atoms with Gasteiger partial charge >= 0.3 is 6.18 Å². The molecule has 1 saturated heterocycles. The highest BCUT2D eigenvalue weighted by atomic mass is 32.2. The standard InChI is InChI=1S/C22H24F4N6OS/c1-13(2)31-34-16-3-4-19(18(23)9-16)29-21-27-11-17(22(24,25)26)20(30-21)14-10-28-32(12-14)15-5-7-33-8-6-15/h3-4,9-13,15,31H,5-8H2,1-2H3,(H,27,29,30). The Morgan fingerprint density at radius 2 is 1.94 bits per heavy atom. The smallest absolute Gasteiger partial charge is 0.381 e. The monoisotopic (exact) mass is 496 g/mol. The average Bonchev–Trinajstić information content (AvgIpc) is 3.29. The predicted octanol–water partition coefficient (Wildman–Crippen LogP) is 5.60. The van der Waals surface area contributed by atoms with Crippen LogP contribution in [0.15, 0.2) is 41.7 Å². The molecule has 0 unspecified atom stereocenters. The number of anilines is 2. The summed E-state index contributed by atoms with van der Waals surface area (Å²) < 4.78 is 65.7. The molecule has 2 N–H and O–H groups in total. The number of halogens is 4. The Kier molecular flexibility index (Phi) is 7.39. The molecule has 3 heterocycles. The molecule has 0 bridgehead atoms. The number of rotatable bonds is 7. The fourth-order valence-electron chi connectivity index (χ4n) is 3.45. The summed E-state index contributed by atoms with van der Waals surface area (Å²) in [5.74, 6) is -0.727. The lowest BCUT2D eigenvalue weighted by Gasteiger charge is -2.22. The van der Waals surface area contributed by atoms with Crippen molar-refractivity contribution in [2.24, 2.45) is 0 Å². The minimum Gasteiger partial charge on any atom is -0.381 e. The van der Waals surface area contributed by atoms with E-state index in [-0.39, 0.29) is 35.0 Å². The molecule has 0 amide bonds. The molecule has 4 rings (SSSR count). The Labute approximate surface area is 198 Å². The molecule has 3 aromatic rings. The molecule has 0 aliphatic carbocycles. The zero-order chi connectivity index (χ0) is 24.3. The summed E-state index contributed by atoms with van der Waals surface area (Å²) in [7, 11) is 0. The topological polar surface area (TPSA) is 76.9 Å². The van der Waals surface area contributed by atoms with Gasteiger partial charge in [-0.1, -0.05) is 0 Å². The van der Waals surface area contributed by atoms with Gasteiger partial charge in [-0.25, -0.2) is 14.4 Å². The van der Waals surface area contributed by atoms with Crippen molar-refractivity contribution in [3.05, 3.63) is 48.2 Å². The summed E-state index contributed by atoms with van der Waals surface area (Å²) in [4.78, 5) is 8.52. The van der Waals surface area contributed by atoms with Crippen molar-refractivity contribution in [1.29, 1.82) is 0 Å². The zero-order valence-corrected chi connectivity index (χ0v) is 19.4. The van der Waals surface area contributed by atoms with Crippen LogP contribution in [0.5, 0.6) is 0 Å². The van der Waals surface area contributed by atoms with Crippen LogP contribution in [0.3, 0.4) is 0 Å². The lowest BCUT2D eigenvalue weighted by molar-refractivity contribution is -0.137. The van der Waals surface area contributed by atoms with E-state index in [1.807, 2.05) is 13.8 Å². The third kappa shape index (κ3) is 5.86. The first-order chi connectivity index (χ1) is 16.2. The second-order valence-electron chi connectivity index (χ2n) is 8.15. The van der Waals surface area contributed by atoms with Crippen LogP contribution in [0.4, 0.5) is 29.2 Å². The molecule has 0 saturated carbocycles. The van der Waals surface area contributed by atoms with Crippen molar-refractivity contribution in [2.45, 2.75) is 49.8 Å². The molecule has 0 atom stereocenters. The largest absolute Gasteiger partial charge is 0.419 e. The number of benzene rings is 1. The van der Waals surface area contributed by atoms with E-state index in [1.54, 1.807) is 16.9 Å². The molecule has 12 heteroatoms. The fourth-order valence-corrected chi connectivity index (χ4v) is 4.12. The molecule has 34 heavy (non-hydrogen) atoms. The van der Waals surface area contributed by atoms with Gasteiger partial charge in [-0.05, 0) is 56.8 Å². The van der Waals surface area contributed by atoms with Crippen molar-refractivity contribution in [3.8, 4) is 11.3 Å². The zero-order valence-electron chi connectivity index (χ0n) is 18.6. The number of nitrogens with one attached hydrogen (secondary N) is 2. The highest BCUT2D eigenvalue weighted by Crippen LogP contribution is 2.37. The van der Waals surface area contributed by atoms with Gasteiger partial charge in [-0.2, -0.15) is 18.3 Å². The normalized spacial score (nSPS) is 15.1. The maximum absolute atomic E-state index is 14.6. The van der Waals surface area contributed by atoms with Crippen molar-refractivity contribution in [3.63, 3.8) is 0 Å². The van der Waals surface area contributed by atoms with Crippen LogP contribution in [0.2, 0.25) is 0 Å². The van der Waals surface area contributed by atoms with Crippen molar-refractivity contribution >= 4 is 23.6 Å². The van der Waals surface area contributed by atoms with E-state index in [4.69, 9.17) is 4.74 Å². The molecule has 1 fully saturated rings. The Balaban J connectivity index is 1.61. The predicted molar refractivity (Wildman–Crippen MR) is 121 cm³/mol. The van der Waals surface area contributed by atoms with Gasteiger partial charge in [-0.15, -0.1) is 0 Å². The third-order valence-corrected chi connectivity index (χ3v) is 6.21. The average molecular weight is 497 g/mol. The number of hydrogen-bond donors (Lipinski definition) is 2. The van der Waals surface area contributed by atoms with Gasteiger partial charge in [0.15, 0.2) is 0 Å². The number of hydrogen-bond acceptors (Lipinski definition) is 7. The van der Waals surface area contributed by atoms with Gasteiger partial charge in [0.05, 0.1) is 23.6 Å². The van der Waals surface area contributed by atoms with Gasteiger partial charge in [0, 0.05) is 42.1 Å². The van der Waals surface area contributed by atoms with E-state index >= 15 is 0 Å². The molecular formula is C22H24F4N6OS. The van der Waals surface area contributed by atoms with Crippen LogP contribution in [-0.2, 0) is 10.9 Å². The lowest BCUT2D eigenvalue weighted by Crippen LogP contribution is -2.19. The summed E-state index contributed by atoms with van der Waals surface area (Å²) >= 11 is 1.28. The van der Waals surface area contributed by atoms with Gasteiger partial charge in [-0.3, -0.25) is 9.40 Å². The Bertz CT molecular complexity index is 1130. The van der Waals surface area contributed by atoms with Crippen molar-refractivity contribution in [2.75, 3.05) is 18.5 Å². The van der Waals surface area contributed by atoms with E-state index in [0.29, 0.717) is 24.3 Å². The molecular weight excluding hydrogens is 472 g/mol. The first-order valence-electron chi connectivity index (χ1n) is 10.8. The summed E-state index contributed by atoms with van der Waals surface area (Å²) in [5.41, 5.74) is -1.05. The van der Waals surface area contributed by atoms with Crippen LogP contribution in [-0.4, -0.2) is 39.0 Å². The van der Waals surface area contributed by atoms with E-state index < -0.39 is 17.6 Å². The molecule has 0 spiro atoms. The summed E-state index contributed by atoms with van der Waals surface area (Å²) in [6, 6.07) is 4.76. The van der Waals surface area contributed by atoms with Gasteiger partial charge < -0.3 is 10.1 Å². The van der Waals surface area contributed by atoms with Gasteiger partial charge in [0.25, 0.3) is 0 Å². The molecule has 1 aliphatic rings. The maximum atomic E-state index is 14.6. The number of alkyl halides is 3. The summed E-state index contributed by atoms with van der Waals surface area (Å²) in [6.07, 6.45) is 0.387. The second kappa shape index (κ2) is 10.3. The summed E-state index contributed by atoms with van der Waals surface area (Å²) in [5, 5.41) is 6.94. The van der Waals surface area contributed by atoms with Crippen LogP contribution in [0, 0.1) is 5.82 Å². The first kappa shape index (κ1) is 24.4. The Morgan fingerprint density at radius 3 is 2.62 bits per heavy atom. The highest BCUT2D eigenvalue weighted by molar-refractivity contribution is 7.97. The van der Waals surface area contributed by atoms with Gasteiger partial charge in [0.2, 0.25) is 5.95 Å². The summed E-state index contributed by atoms with van der Waals surface area (Å²) in [6.45, 7) is 5.08. The number of ether oxygens (including phenoxy) is 1. The highest BCUT2D eigenvalue weighted by Gasteiger charge is 2.36. The van der Waals surface area contributed by atoms with E-state index in [2.05, 4.69) is 25.1 Å². The molecule has 1 aromatic carbocycles.